The highest BCUT2D eigenvalue weighted by molar-refractivity contribution is 6.67. The molecule has 0 amide bonds. The van der Waals surface area contributed by atoms with Gasteiger partial charge in [0.05, 0.1) is 0 Å². The highest BCUT2D eigenvalue weighted by Gasteiger charge is 2.23. The van der Waals surface area contributed by atoms with Crippen molar-refractivity contribution < 1.29 is 4.79 Å². The van der Waals surface area contributed by atoms with Gasteiger partial charge in [-0.15, -0.1) is 0 Å². The normalized spacial score (nSPS) is 17.5. The lowest BCUT2D eigenvalue weighted by Crippen LogP contribution is -1.97. The summed E-state index contributed by atoms with van der Waals surface area (Å²) in [7, 11) is 0. The van der Waals surface area contributed by atoms with Crippen molar-refractivity contribution >= 4 is 16.8 Å². The molecule has 1 nitrogen and oxygen atoms in total. The molecule has 1 aliphatic rings. The predicted octanol–water partition coefficient (Wildman–Crippen LogP) is 4.14. The lowest BCUT2D eigenvalue weighted by atomic mass is 9.92. The molecule has 0 N–H and O–H groups in total. The number of halogens is 1. The first-order valence-corrected chi connectivity index (χ1v) is 6.51. The Morgan fingerprint density at radius 2 is 1.78 bits per heavy atom. The van der Waals surface area contributed by atoms with Crippen molar-refractivity contribution in [3.63, 3.8) is 0 Å². The third-order valence-electron chi connectivity index (χ3n) is 3.67. The van der Waals surface area contributed by atoms with E-state index >= 15 is 0 Å². The zero-order valence-corrected chi connectivity index (χ0v) is 10.7. The van der Waals surface area contributed by atoms with Crippen LogP contribution in [-0.2, 0) is 6.42 Å². The van der Waals surface area contributed by atoms with Gasteiger partial charge in [-0.25, -0.2) is 0 Å². The molecule has 0 radical (unpaired) electrons. The van der Waals surface area contributed by atoms with Crippen molar-refractivity contribution in [1.29, 1.82) is 0 Å². The Labute approximate surface area is 111 Å². The fourth-order valence-corrected chi connectivity index (χ4v) is 2.88. The predicted molar refractivity (Wildman–Crippen MR) is 73.2 cm³/mol. The maximum absolute atomic E-state index is 11.0. The van der Waals surface area contributed by atoms with Gasteiger partial charge in [0.2, 0.25) is 0 Å². The van der Waals surface area contributed by atoms with Crippen LogP contribution < -0.4 is 0 Å². The molecule has 1 aliphatic carbocycles. The first-order chi connectivity index (χ1) is 8.75. The van der Waals surface area contributed by atoms with Crippen LogP contribution in [0, 0.1) is 0 Å². The number of rotatable bonds is 2. The van der Waals surface area contributed by atoms with Gasteiger partial charge in [0.1, 0.15) is 0 Å². The summed E-state index contributed by atoms with van der Waals surface area (Å²) in [6.45, 7) is 0. The zero-order valence-electron chi connectivity index (χ0n) is 9.90. The van der Waals surface area contributed by atoms with Crippen molar-refractivity contribution in [1.82, 2.24) is 0 Å². The van der Waals surface area contributed by atoms with Crippen molar-refractivity contribution in [2.75, 3.05) is 0 Å². The molecule has 0 fully saturated rings. The SMILES string of the molecule is O=C(Cl)c1ccc(C2CCc3ccccc32)cc1. The number of hydrogen-bond donors (Lipinski definition) is 0. The molecule has 0 heterocycles. The Bertz CT molecular complexity index is 586. The van der Waals surface area contributed by atoms with E-state index in [0.29, 0.717) is 11.5 Å². The van der Waals surface area contributed by atoms with E-state index in [4.69, 9.17) is 11.6 Å². The smallest absolute Gasteiger partial charge is 0.252 e. The number of carbonyl (C=O) groups excluding carboxylic acids is 1. The molecule has 18 heavy (non-hydrogen) atoms. The monoisotopic (exact) mass is 256 g/mol. The number of aryl methyl sites for hydroxylation is 1. The first-order valence-electron chi connectivity index (χ1n) is 6.13. The van der Waals surface area contributed by atoms with Crippen molar-refractivity contribution in [3.05, 3.63) is 70.8 Å². The van der Waals surface area contributed by atoms with Crippen LogP contribution in [0.25, 0.3) is 0 Å². The average molecular weight is 257 g/mol. The molecule has 0 saturated carbocycles. The Morgan fingerprint density at radius 3 is 2.50 bits per heavy atom. The molecule has 0 bridgehead atoms. The van der Waals surface area contributed by atoms with E-state index in [0.717, 1.165) is 12.8 Å². The zero-order chi connectivity index (χ0) is 12.5. The summed E-state index contributed by atoms with van der Waals surface area (Å²) in [5, 5.41) is -0.395. The third-order valence-corrected chi connectivity index (χ3v) is 3.89. The molecule has 2 heteroatoms. The van der Waals surface area contributed by atoms with Gasteiger partial charge < -0.3 is 0 Å². The van der Waals surface area contributed by atoms with Crippen LogP contribution in [0.5, 0.6) is 0 Å². The lowest BCUT2D eigenvalue weighted by Gasteiger charge is -2.12. The van der Waals surface area contributed by atoms with E-state index in [-0.39, 0.29) is 0 Å². The molecule has 1 atom stereocenters. The van der Waals surface area contributed by atoms with Crippen LogP contribution in [0.3, 0.4) is 0 Å². The Kier molecular flexibility index (Phi) is 2.92. The summed E-state index contributed by atoms with van der Waals surface area (Å²) < 4.78 is 0. The molecule has 90 valence electrons. The molecule has 1 unspecified atom stereocenters. The van der Waals surface area contributed by atoms with E-state index in [1.54, 1.807) is 0 Å². The van der Waals surface area contributed by atoms with Crippen molar-refractivity contribution in [2.24, 2.45) is 0 Å². The highest BCUT2D eigenvalue weighted by Crippen LogP contribution is 2.37. The maximum atomic E-state index is 11.0. The first kappa shape index (κ1) is 11.5. The summed E-state index contributed by atoms with van der Waals surface area (Å²) in [5.41, 5.74) is 4.69. The van der Waals surface area contributed by atoms with Crippen LogP contribution in [0.15, 0.2) is 48.5 Å². The molecular formula is C16H13ClO. The standard InChI is InChI=1S/C16H13ClO/c17-16(18)13-7-5-12(6-8-13)15-10-9-11-3-1-2-4-14(11)15/h1-8,15H,9-10H2. The van der Waals surface area contributed by atoms with Gasteiger partial charge >= 0.3 is 0 Å². The Balaban J connectivity index is 1.95. The molecule has 0 spiro atoms. The topological polar surface area (TPSA) is 17.1 Å². The van der Waals surface area contributed by atoms with Gasteiger partial charge in [-0.2, -0.15) is 0 Å². The van der Waals surface area contributed by atoms with Gasteiger partial charge in [-0.3, -0.25) is 4.79 Å². The van der Waals surface area contributed by atoms with Crippen LogP contribution in [0.4, 0.5) is 0 Å². The Morgan fingerprint density at radius 1 is 1.06 bits per heavy atom. The largest absolute Gasteiger partial charge is 0.276 e. The molecular weight excluding hydrogens is 244 g/mol. The molecule has 0 saturated heterocycles. The average Bonchev–Trinajstić information content (AvgIpc) is 2.82. The summed E-state index contributed by atoms with van der Waals surface area (Å²) in [6, 6.07) is 16.2. The van der Waals surface area contributed by atoms with Gasteiger partial charge in [-0.05, 0) is 53.3 Å². The van der Waals surface area contributed by atoms with E-state index in [1.165, 1.54) is 16.7 Å². The molecule has 2 aromatic carbocycles. The molecule has 2 aromatic rings. The summed E-state index contributed by atoms with van der Waals surface area (Å²) in [5.74, 6) is 0.459. The highest BCUT2D eigenvalue weighted by atomic mass is 35.5. The van der Waals surface area contributed by atoms with E-state index < -0.39 is 5.24 Å². The second-order valence-corrected chi connectivity index (χ2v) is 5.03. The van der Waals surface area contributed by atoms with Crippen molar-refractivity contribution in [2.45, 2.75) is 18.8 Å². The Hall–Kier alpha value is -1.60. The summed E-state index contributed by atoms with van der Waals surface area (Å²) in [6.07, 6.45) is 2.28. The second kappa shape index (κ2) is 4.58. The summed E-state index contributed by atoms with van der Waals surface area (Å²) >= 11 is 5.46. The minimum atomic E-state index is -0.395. The molecule has 0 aromatic heterocycles. The van der Waals surface area contributed by atoms with Gasteiger partial charge in [0.15, 0.2) is 0 Å². The minimum absolute atomic E-state index is 0.395. The fourth-order valence-electron chi connectivity index (χ4n) is 2.75. The van der Waals surface area contributed by atoms with E-state index in [9.17, 15) is 4.79 Å². The van der Waals surface area contributed by atoms with Crippen molar-refractivity contribution in [3.8, 4) is 0 Å². The van der Waals surface area contributed by atoms with Crippen LogP contribution in [0.1, 0.15) is 39.4 Å². The van der Waals surface area contributed by atoms with Gasteiger partial charge in [-0.1, -0.05) is 36.4 Å². The van der Waals surface area contributed by atoms with Gasteiger partial charge in [0, 0.05) is 11.5 Å². The van der Waals surface area contributed by atoms with Crippen LogP contribution in [0.2, 0.25) is 0 Å². The lowest BCUT2D eigenvalue weighted by molar-refractivity contribution is 0.108. The second-order valence-electron chi connectivity index (χ2n) is 4.69. The molecule has 0 aliphatic heterocycles. The maximum Gasteiger partial charge on any atom is 0.252 e. The number of fused-ring (bicyclic) bond motifs is 1. The van der Waals surface area contributed by atoms with Crippen LogP contribution >= 0.6 is 11.6 Å². The number of hydrogen-bond acceptors (Lipinski definition) is 1. The van der Waals surface area contributed by atoms with Gasteiger partial charge in [0.25, 0.3) is 5.24 Å². The quantitative estimate of drug-likeness (QED) is 0.738. The molecule has 3 rings (SSSR count). The van der Waals surface area contributed by atoms with Crippen LogP contribution in [-0.4, -0.2) is 5.24 Å². The van der Waals surface area contributed by atoms with E-state index in [2.05, 4.69) is 24.3 Å². The number of benzene rings is 2. The third kappa shape index (κ3) is 1.95. The number of carbonyl (C=O) groups is 1. The fraction of sp³-hybridized carbons (Fsp3) is 0.188. The van der Waals surface area contributed by atoms with E-state index in [1.807, 2.05) is 24.3 Å². The summed E-state index contributed by atoms with van der Waals surface area (Å²) in [4.78, 5) is 11.0. The minimum Gasteiger partial charge on any atom is -0.276 e.